The number of aromatic carboxylic acids is 1. The Kier molecular flexibility index (Phi) is 5.40. The molecule has 15 heavy (non-hydrogen) atoms. The van der Waals surface area contributed by atoms with E-state index < -0.39 is 18.7 Å². The van der Waals surface area contributed by atoms with Crippen molar-refractivity contribution >= 4 is 5.97 Å². The van der Waals surface area contributed by atoms with Crippen LogP contribution in [0, 0.1) is 0 Å². The van der Waals surface area contributed by atoms with Gasteiger partial charge >= 0.3 is 12.1 Å². The molecule has 0 heterocycles. The molecule has 0 bridgehead atoms. The van der Waals surface area contributed by atoms with E-state index in [1.807, 2.05) is 0 Å². The molecule has 6 heteroatoms. The van der Waals surface area contributed by atoms with Crippen molar-refractivity contribution in [2.75, 3.05) is 6.54 Å². The van der Waals surface area contributed by atoms with Crippen molar-refractivity contribution in [3.8, 4) is 0 Å². The van der Waals surface area contributed by atoms with E-state index in [9.17, 15) is 18.0 Å². The van der Waals surface area contributed by atoms with Gasteiger partial charge in [-0.1, -0.05) is 18.2 Å². The molecule has 0 aliphatic carbocycles. The maximum atomic E-state index is 10.7. The van der Waals surface area contributed by atoms with Crippen LogP contribution in [0.1, 0.15) is 10.4 Å². The second-order valence-corrected chi connectivity index (χ2v) is 2.49. The number of hydrogen-bond donors (Lipinski definition) is 2. The maximum Gasteiger partial charge on any atom is 0.400 e. The molecule has 0 aliphatic heterocycles. The first kappa shape index (κ1) is 13.4. The van der Waals surface area contributed by atoms with Crippen LogP contribution in [0.2, 0.25) is 0 Å². The zero-order chi connectivity index (χ0) is 11.9. The molecule has 3 N–H and O–H groups in total. The third-order valence-corrected chi connectivity index (χ3v) is 1.25. The lowest BCUT2D eigenvalue weighted by Gasteiger charge is -1.96. The van der Waals surface area contributed by atoms with E-state index in [-0.39, 0.29) is 0 Å². The Morgan fingerprint density at radius 1 is 1.27 bits per heavy atom. The van der Waals surface area contributed by atoms with Gasteiger partial charge in [-0.2, -0.15) is 13.2 Å². The Bertz CT molecular complexity index is 298. The molecule has 0 saturated heterocycles. The van der Waals surface area contributed by atoms with Crippen molar-refractivity contribution in [1.82, 2.24) is 0 Å². The van der Waals surface area contributed by atoms with Crippen molar-refractivity contribution in [2.24, 2.45) is 5.73 Å². The highest BCUT2D eigenvalue weighted by atomic mass is 19.4. The summed E-state index contributed by atoms with van der Waals surface area (Å²) in [5.41, 5.74) is 4.51. The largest absolute Gasteiger partial charge is 0.478 e. The minimum absolute atomic E-state index is 0.331. The molecule has 84 valence electrons. The third kappa shape index (κ3) is 7.51. The summed E-state index contributed by atoms with van der Waals surface area (Å²) in [5, 5.41) is 8.38. The smallest absolute Gasteiger partial charge is 0.400 e. The summed E-state index contributed by atoms with van der Waals surface area (Å²) in [6, 6.07) is 8.30. The van der Waals surface area contributed by atoms with Gasteiger partial charge in [0.2, 0.25) is 0 Å². The number of benzene rings is 1. The van der Waals surface area contributed by atoms with Crippen LogP contribution in [0.25, 0.3) is 0 Å². The van der Waals surface area contributed by atoms with E-state index in [0.717, 1.165) is 0 Å². The van der Waals surface area contributed by atoms with Gasteiger partial charge < -0.3 is 10.8 Å². The van der Waals surface area contributed by atoms with Gasteiger partial charge in [0.05, 0.1) is 12.1 Å². The van der Waals surface area contributed by atoms with Crippen LogP contribution in [0.3, 0.4) is 0 Å². The highest BCUT2D eigenvalue weighted by Crippen LogP contribution is 2.10. The Labute approximate surface area is 84.3 Å². The van der Waals surface area contributed by atoms with Gasteiger partial charge in [0.1, 0.15) is 0 Å². The molecule has 1 rings (SSSR count). The number of carbonyl (C=O) groups is 1. The summed E-state index contributed by atoms with van der Waals surface area (Å²) >= 11 is 0. The molecule has 1 aromatic carbocycles. The first-order valence-corrected chi connectivity index (χ1v) is 3.92. The normalized spacial score (nSPS) is 10.1. The van der Waals surface area contributed by atoms with Gasteiger partial charge in [0, 0.05) is 0 Å². The zero-order valence-corrected chi connectivity index (χ0v) is 7.66. The van der Waals surface area contributed by atoms with E-state index in [4.69, 9.17) is 5.11 Å². The van der Waals surface area contributed by atoms with Crippen LogP contribution in [0.15, 0.2) is 30.3 Å². The van der Waals surface area contributed by atoms with Gasteiger partial charge in [-0.3, -0.25) is 0 Å². The van der Waals surface area contributed by atoms with E-state index in [1.54, 1.807) is 30.3 Å². The quantitative estimate of drug-likeness (QED) is 0.761. The Morgan fingerprint density at radius 2 is 1.67 bits per heavy atom. The van der Waals surface area contributed by atoms with Crippen LogP contribution in [0.5, 0.6) is 0 Å². The monoisotopic (exact) mass is 221 g/mol. The Morgan fingerprint density at radius 3 is 1.87 bits per heavy atom. The van der Waals surface area contributed by atoms with Crippen LogP contribution in [0.4, 0.5) is 13.2 Å². The molecule has 0 atom stereocenters. The van der Waals surface area contributed by atoms with Crippen LogP contribution in [-0.2, 0) is 0 Å². The molecule has 0 aromatic heterocycles. The van der Waals surface area contributed by atoms with Gasteiger partial charge in [-0.15, -0.1) is 0 Å². The van der Waals surface area contributed by atoms with E-state index >= 15 is 0 Å². The molecule has 0 aliphatic rings. The highest BCUT2D eigenvalue weighted by Gasteiger charge is 2.23. The number of nitrogens with two attached hydrogens (primary N) is 1. The predicted octanol–water partition coefficient (Wildman–Crippen LogP) is 1.89. The van der Waals surface area contributed by atoms with Crippen molar-refractivity contribution in [3.63, 3.8) is 0 Å². The summed E-state index contributed by atoms with van der Waals surface area (Å²) in [7, 11) is 0. The summed E-state index contributed by atoms with van der Waals surface area (Å²) in [4.78, 5) is 10.2. The molecule has 0 saturated carbocycles. The molecule has 0 spiro atoms. The summed E-state index contributed by atoms with van der Waals surface area (Å²) in [6.45, 7) is -1.23. The Hall–Kier alpha value is -1.56. The molecule has 0 radical (unpaired) electrons. The SMILES string of the molecule is NCC(F)(F)F.O=C(O)c1ccccc1. The van der Waals surface area contributed by atoms with Crippen LogP contribution >= 0.6 is 0 Å². The average molecular weight is 221 g/mol. The van der Waals surface area contributed by atoms with Crippen molar-refractivity contribution in [3.05, 3.63) is 35.9 Å². The third-order valence-electron chi connectivity index (χ3n) is 1.25. The Balaban J connectivity index is 0.000000288. The molecule has 0 amide bonds. The summed E-state index contributed by atoms with van der Waals surface area (Å²) in [6.07, 6.45) is -4.18. The topological polar surface area (TPSA) is 63.3 Å². The fraction of sp³-hybridized carbons (Fsp3) is 0.222. The molecule has 3 nitrogen and oxygen atoms in total. The average Bonchev–Trinajstić information content (AvgIpc) is 2.19. The van der Waals surface area contributed by atoms with Gasteiger partial charge in [0.15, 0.2) is 0 Å². The first-order valence-electron chi connectivity index (χ1n) is 3.92. The fourth-order valence-corrected chi connectivity index (χ4v) is 0.581. The number of rotatable bonds is 1. The molecular weight excluding hydrogens is 211 g/mol. The highest BCUT2D eigenvalue weighted by molar-refractivity contribution is 5.87. The standard InChI is InChI=1S/C7H6O2.C2H4F3N/c8-7(9)6-4-2-1-3-5-6;3-2(4,5)1-6/h1-5H,(H,8,9);1,6H2. The molecule has 0 unspecified atom stereocenters. The predicted molar refractivity (Wildman–Crippen MR) is 48.5 cm³/mol. The van der Waals surface area contributed by atoms with Gasteiger partial charge in [-0.05, 0) is 12.1 Å². The van der Waals surface area contributed by atoms with Crippen LogP contribution in [-0.4, -0.2) is 23.8 Å². The number of carboxylic acids is 1. The lowest BCUT2D eigenvalue weighted by Crippen LogP contribution is -2.21. The first-order chi connectivity index (χ1) is 6.87. The van der Waals surface area contributed by atoms with Crippen molar-refractivity contribution in [1.29, 1.82) is 0 Å². The van der Waals surface area contributed by atoms with Crippen molar-refractivity contribution < 1.29 is 23.1 Å². The second kappa shape index (κ2) is 6.02. The molecule has 0 fully saturated rings. The number of halogens is 3. The summed E-state index contributed by atoms with van der Waals surface area (Å²) < 4.78 is 32.0. The second-order valence-electron chi connectivity index (χ2n) is 2.49. The lowest BCUT2D eigenvalue weighted by atomic mass is 10.2. The van der Waals surface area contributed by atoms with Crippen LogP contribution < -0.4 is 5.73 Å². The summed E-state index contributed by atoms with van der Waals surface area (Å²) in [5.74, 6) is -0.879. The zero-order valence-electron chi connectivity index (χ0n) is 7.66. The van der Waals surface area contributed by atoms with Gasteiger partial charge in [0.25, 0.3) is 0 Å². The number of carboxylic acid groups (broad SMARTS) is 1. The maximum absolute atomic E-state index is 10.7. The minimum Gasteiger partial charge on any atom is -0.478 e. The van der Waals surface area contributed by atoms with Gasteiger partial charge in [-0.25, -0.2) is 4.79 Å². The number of hydrogen-bond acceptors (Lipinski definition) is 2. The molecular formula is C9H10F3NO2. The lowest BCUT2D eigenvalue weighted by molar-refractivity contribution is -0.118. The van der Waals surface area contributed by atoms with E-state index in [2.05, 4.69) is 5.73 Å². The van der Waals surface area contributed by atoms with E-state index in [1.165, 1.54) is 0 Å². The molecule has 1 aromatic rings. The number of alkyl halides is 3. The minimum atomic E-state index is -4.18. The van der Waals surface area contributed by atoms with E-state index in [0.29, 0.717) is 5.56 Å². The fourth-order valence-electron chi connectivity index (χ4n) is 0.581. The van der Waals surface area contributed by atoms with Crippen molar-refractivity contribution in [2.45, 2.75) is 6.18 Å².